The topological polar surface area (TPSA) is 57.5 Å². The Morgan fingerprint density at radius 2 is 1.76 bits per heavy atom. The molecule has 1 saturated heterocycles. The van der Waals surface area contributed by atoms with E-state index in [1.54, 1.807) is 0 Å². The molecule has 42 heavy (non-hydrogen) atoms. The number of carbonyl (C=O) groups excluding carboxylic acids is 1. The highest BCUT2D eigenvalue weighted by molar-refractivity contribution is 5.91. The van der Waals surface area contributed by atoms with Gasteiger partial charge in [-0.25, -0.2) is 4.99 Å². The number of allylic oxidation sites excluding steroid dienone is 2. The fraction of sp³-hybridized carbons (Fsp3) is 0.528. The maximum Gasteiger partial charge on any atom is 0.226 e. The number of carbonyl (C=O) groups is 1. The number of nitrogens with zero attached hydrogens (tertiary/aromatic N) is 4. The number of aliphatic imine (C=N–C) groups is 2. The van der Waals surface area contributed by atoms with Crippen molar-refractivity contribution in [3.8, 4) is 5.75 Å². The van der Waals surface area contributed by atoms with Crippen LogP contribution in [0.4, 0.5) is 0 Å². The molecule has 2 aromatic carbocycles. The average molecular weight is 567 g/mol. The highest BCUT2D eigenvalue weighted by Crippen LogP contribution is 2.35. The number of piperidine rings is 1. The Bertz CT molecular complexity index is 1370. The zero-order valence-electron chi connectivity index (χ0n) is 25.6. The van der Waals surface area contributed by atoms with E-state index in [-0.39, 0.29) is 16.7 Å². The Hall–Kier alpha value is -3.41. The largest absolute Gasteiger partial charge is 0.493 e. The van der Waals surface area contributed by atoms with E-state index >= 15 is 0 Å². The molecule has 3 aliphatic heterocycles. The third kappa shape index (κ3) is 6.33. The van der Waals surface area contributed by atoms with Crippen LogP contribution in [0.15, 0.2) is 64.6 Å². The predicted octanol–water partition coefficient (Wildman–Crippen LogP) is 6.79. The van der Waals surface area contributed by atoms with E-state index in [1.165, 1.54) is 22.3 Å². The van der Waals surface area contributed by atoms with Crippen molar-refractivity contribution in [3.05, 3.63) is 71.3 Å². The molecule has 4 aliphatic rings. The standard InChI is InChI=1S/C36H46N4O2/c1-4-35(2)24-37-34(38-25-35)39-21-18-36(3,19-22-39)26-42-32-15-13-29(14-16-32)28-9-11-30(12-10-28)33(41)40-20-17-27-7-5-6-8-31(27)23-40/h5-9,13-16,24,30H,4,10-12,17-23,25-26H2,1-3H3. The van der Waals surface area contributed by atoms with Gasteiger partial charge in [-0.05, 0) is 79.3 Å². The fourth-order valence-electron chi connectivity index (χ4n) is 6.61. The Morgan fingerprint density at radius 3 is 2.43 bits per heavy atom. The molecule has 0 N–H and O–H groups in total. The van der Waals surface area contributed by atoms with Gasteiger partial charge in [-0.2, -0.15) is 0 Å². The molecule has 1 aliphatic carbocycles. The Balaban J connectivity index is 0.969. The summed E-state index contributed by atoms with van der Waals surface area (Å²) in [4.78, 5) is 27.2. The lowest BCUT2D eigenvalue weighted by Crippen LogP contribution is -2.45. The quantitative estimate of drug-likeness (QED) is 0.387. The first kappa shape index (κ1) is 28.7. The van der Waals surface area contributed by atoms with E-state index in [2.05, 4.69) is 91.4 Å². The minimum absolute atomic E-state index is 0.0994. The number of guanidine groups is 1. The lowest BCUT2D eigenvalue weighted by molar-refractivity contribution is -0.136. The predicted molar refractivity (Wildman–Crippen MR) is 171 cm³/mol. The maximum absolute atomic E-state index is 13.3. The van der Waals surface area contributed by atoms with E-state index in [9.17, 15) is 4.79 Å². The number of amides is 1. The monoisotopic (exact) mass is 566 g/mol. The van der Waals surface area contributed by atoms with Gasteiger partial charge < -0.3 is 14.5 Å². The molecule has 0 aromatic heterocycles. The van der Waals surface area contributed by atoms with Crippen LogP contribution in [0.1, 0.15) is 76.0 Å². The highest BCUT2D eigenvalue weighted by atomic mass is 16.5. The number of ether oxygens (including phenoxy) is 1. The number of hydrogen-bond donors (Lipinski definition) is 0. The molecule has 6 rings (SSSR count). The summed E-state index contributed by atoms with van der Waals surface area (Å²) in [5.74, 6) is 2.26. The van der Waals surface area contributed by atoms with Crippen molar-refractivity contribution in [1.82, 2.24) is 9.80 Å². The first-order chi connectivity index (χ1) is 20.3. The lowest BCUT2D eigenvalue weighted by atomic mass is 9.81. The molecule has 0 radical (unpaired) electrons. The van der Waals surface area contributed by atoms with Gasteiger partial charge in [-0.1, -0.05) is 63.2 Å². The van der Waals surface area contributed by atoms with Gasteiger partial charge in [0.15, 0.2) is 0 Å². The second-order valence-electron chi connectivity index (χ2n) is 13.5. The van der Waals surface area contributed by atoms with E-state index in [1.807, 2.05) is 0 Å². The molecule has 222 valence electrons. The Kier molecular flexibility index (Phi) is 8.24. The van der Waals surface area contributed by atoms with E-state index in [0.29, 0.717) is 5.91 Å². The van der Waals surface area contributed by atoms with Crippen LogP contribution < -0.4 is 4.74 Å². The molecule has 6 heteroatoms. The minimum Gasteiger partial charge on any atom is -0.493 e. The van der Waals surface area contributed by atoms with Crippen LogP contribution >= 0.6 is 0 Å². The third-order valence-electron chi connectivity index (χ3n) is 10.1. The Morgan fingerprint density at radius 1 is 1.00 bits per heavy atom. The normalized spacial score (nSPS) is 25.4. The molecule has 3 heterocycles. The summed E-state index contributed by atoms with van der Waals surface area (Å²) >= 11 is 0. The minimum atomic E-state index is 0.0994. The van der Waals surface area contributed by atoms with Crippen molar-refractivity contribution < 1.29 is 9.53 Å². The third-order valence-corrected chi connectivity index (χ3v) is 10.1. The van der Waals surface area contributed by atoms with Crippen LogP contribution in [0, 0.1) is 16.7 Å². The molecule has 0 saturated carbocycles. The van der Waals surface area contributed by atoms with Crippen molar-refractivity contribution in [2.75, 3.05) is 32.8 Å². The van der Waals surface area contributed by atoms with E-state index in [4.69, 9.17) is 14.7 Å². The SMILES string of the molecule is CCC1(C)C=NC(N2CCC(C)(COc3ccc(C4=CCC(C(=O)N5CCc6ccccc6C5)CC4)cc3)CC2)=NC1. The lowest BCUT2D eigenvalue weighted by Gasteiger charge is -2.40. The molecule has 1 fully saturated rings. The van der Waals surface area contributed by atoms with Crippen molar-refractivity contribution in [1.29, 1.82) is 0 Å². The van der Waals surface area contributed by atoms with Gasteiger partial charge in [0.2, 0.25) is 11.9 Å². The smallest absolute Gasteiger partial charge is 0.226 e. The van der Waals surface area contributed by atoms with Gasteiger partial charge in [-0.15, -0.1) is 0 Å². The number of benzene rings is 2. The summed E-state index contributed by atoms with van der Waals surface area (Å²) < 4.78 is 6.31. The Labute approximate surface area is 251 Å². The summed E-state index contributed by atoms with van der Waals surface area (Å²) in [7, 11) is 0. The molecule has 2 atom stereocenters. The van der Waals surface area contributed by atoms with Crippen LogP contribution in [-0.2, 0) is 17.8 Å². The van der Waals surface area contributed by atoms with Gasteiger partial charge in [0.1, 0.15) is 5.75 Å². The van der Waals surface area contributed by atoms with Gasteiger partial charge in [-0.3, -0.25) is 9.79 Å². The van der Waals surface area contributed by atoms with Crippen molar-refractivity contribution >= 4 is 23.7 Å². The molecule has 0 spiro atoms. The molecule has 0 bridgehead atoms. The summed E-state index contributed by atoms with van der Waals surface area (Å²) in [6, 6.07) is 17.1. The van der Waals surface area contributed by atoms with Crippen molar-refractivity contribution in [2.24, 2.45) is 26.7 Å². The number of hydrogen-bond acceptors (Lipinski definition) is 5. The zero-order chi connectivity index (χ0) is 29.2. The summed E-state index contributed by atoms with van der Waals surface area (Å²) in [6.07, 6.45) is 11.3. The van der Waals surface area contributed by atoms with Gasteiger partial charge >= 0.3 is 0 Å². The van der Waals surface area contributed by atoms with Gasteiger partial charge in [0, 0.05) is 49.1 Å². The van der Waals surface area contributed by atoms with Crippen molar-refractivity contribution in [2.45, 2.75) is 72.3 Å². The summed E-state index contributed by atoms with van der Waals surface area (Å²) in [5.41, 5.74) is 5.53. The first-order valence-corrected chi connectivity index (χ1v) is 16.0. The summed E-state index contributed by atoms with van der Waals surface area (Å²) in [5, 5.41) is 0. The molecule has 2 unspecified atom stereocenters. The molecule has 2 aromatic rings. The summed E-state index contributed by atoms with van der Waals surface area (Å²) in [6.45, 7) is 11.9. The second kappa shape index (κ2) is 12.1. The van der Waals surface area contributed by atoms with Crippen LogP contribution in [0.25, 0.3) is 5.57 Å². The first-order valence-electron chi connectivity index (χ1n) is 16.0. The van der Waals surface area contributed by atoms with Crippen LogP contribution in [0.2, 0.25) is 0 Å². The van der Waals surface area contributed by atoms with Crippen LogP contribution in [0.5, 0.6) is 5.75 Å². The van der Waals surface area contributed by atoms with Gasteiger partial charge in [0.05, 0.1) is 13.2 Å². The molecular weight excluding hydrogens is 520 g/mol. The molecular formula is C36H46N4O2. The highest BCUT2D eigenvalue weighted by Gasteiger charge is 2.34. The average Bonchev–Trinajstić information content (AvgIpc) is 3.04. The number of rotatable bonds is 6. The number of fused-ring (bicyclic) bond motifs is 1. The van der Waals surface area contributed by atoms with Crippen LogP contribution in [0.3, 0.4) is 0 Å². The molecule has 6 nitrogen and oxygen atoms in total. The molecule has 1 amide bonds. The maximum atomic E-state index is 13.3. The van der Waals surface area contributed by atoms with E-state index in [0.717, 1.165) is 96.0 Å². The zero-order valence-corrected chi connectivity index (χ0v) is 25.6. The van der Waals surface area contributed by atoms with Gasteiger partial charge in [0.25, 0.3) is 0 Å². The fourth-order valence-corrected chi connectivity index (χ4v) is 6.61. The van der Waals surface area contributed by atoms with Crippen molar-refractivity contribution in [3.63, 3.8) is 0 Å². The second-order valence-corrected chi connectivity index (χ2v) is 13.5. The van der Waals surface area contributed by atoms with Crippen LogP contribution in [-0.4, -0.2) is 60.7 Å². The number of likely N-dealkylation sites (tertiary alicyclic amines) is 1. The van der Waals surface area contributed by atoms with E-state index < -0.39 is 0 Å².